The SMILES string of the molecule is COc1ccc([C@H]2CN(C(=O)c3ccccc3)[C@@H]3CCN(Cc4cccs4)C[C@H]23)cc1. The third kappa shape index (κ3) is 4.12. The number of carbonyl (C=O) groups is 1. The van der Waals surface area contributed by atoms with Gasteiger partial charge in [-0.05, 0) is 47.7 Å². The lowest BCUT2D eigenvalue weighted by Crippen LogP contribution is -2.47. The number of carbonyl (C=O) groups excluding carboxylic acids is 1. The van der Waals surface area contributed by atoms with Crippen LogP contribution in [-0.4, -0.2) is 48.5 Å². The molecule has 0 saturated carbocycles. The summed E-state index contributed by atoms with van der Waals surface area (Å²) in [6.07, 6.45) is 1.03. The fraction of sp³-hybridized carbons (Fsp3) is 0.346. The summed E-state index contributed by atoms with van der Waals surface area (Å²) in [6.45, 7) is 3.84. The second-order valence-corrected chi connectivity index (χ2v) is 9.57. The van der Waals surface area contributed by atoms with Crippen molar-refractivity contribution in [2.75, 3.05) is 26.7 Å². The molecular formula is C26H28N2O2S. The number of ether oxygens (including phenoxy) is 1. The molecule has 5 heteroatoms. The summed E-state index contributed by atoms with van der Waals surface area (Å²) >= 11 is 1.83. The predicted molar refractivity (Wildman–Crippen MR) is 125 cm³/mol. The molecule has 2 aliphatic rings. The minimum Gasteiger partial charge on any atom is -0.497 e. The molecule has 0 unspecified atom stereocenters. The van der Waals surface area contributed by atoms with E-state index in [9.17, 15) is 4.79 Å². The zero-order valence-corrected chi connectivity index (χ0v) is 18.6. The number of fused-ring (bicyclic) bond motifs is 1. The van der Waals surface area contributed by atoms with Crippen LogP contribution in [0.25, 0.3) is 0 Å². The van der Waals surface area contributed by atoms with E-state index in [1.807, 2.05) is 53.8 Å². The second kappa shape index (κ2) is 8.85. The van der Waals surface area contributed by atoms with Crippen molar-refractivity contribution < 1.29 is 9.53 Å². The van der Waals surface area contributed by atoms with Crippen molar-refractivity contribution >= 4 is 17.2 Å². The van der Waals surface area contributed by atoms with Gasteiger partial charge in [-0.3, -0.25) is 9.69 Å². The van der Waals surface area contributed by atoms with Crippen LogP contribution in [0, 0.1) is 5.92 Å². The largest absolute Gasteiger partial charge is 0.497 e. The van der Waals surface area contributed by atoms with Crippen molar-refractivity contribution in [2.45, 2.75) is 24.9 Å². The predicted octanol–water partition coefficient (Wildman–Crippen LogP) is 4.89. The summed E-state index contributed by atoms with van der Waals surface area (Å²) in [4.78, 5) is 19.5. The van der Waals surface area contributed by atoms with Crippen LogP contribution in [0.4, 0.5) is 0 Å². The Bertz CT molecular complexity index is 1000. The zero-order valence-electron chi connectivity index (χ0n) is 17.8. The highest BCUT2D eigenvalue weighted by Gasteiger charge is 2.47. The molecule has 0 spiro atoms. The minimum atomic E-state index is 0.165. The van der Waals surface area contributed by atoms with Crippen molar-refractivity contribution in [1.82, 2.24) is 9.80 Å². The van der Waals surface area contributed by atoms with Crippen LogP contribution in [0.1, 0.15) is 33.1 Å². The third-order valence-electron chi connectivity index (χ3n) is 6.80. The number of hydrogen-bond acceptors (Lipinski definition) is 4. The van der Waals surface area contributed by atoms with E-state index in [0.717, 1.165) is 43.9 Å². The van der Waals surface area contributed by atoms with Crippen molar-refractivity contribution in [3.05, 3.63) is 88.1 Å². The van der Waals surface area contributed by atoms with Gasteiger partial charge >= 0.3 is 0 Å². The van der Waals surface area contributed by atoms with Crippen LogP contribution in [0.2, 0.25) is 0 Å². The van der Waals surface area contributed by atoms with Crippen molar-refractivity contribution in [3.63, 3.8) is 0 Å². The van der Waals surface area contributed by atoms with Crippen molar-refractivity contribution in [3.8, 4) is 5.75 Å². The lowest BCUT2D eigenvalue weighted by Gasteiger charge is -2.39. The van der Waals surface area contributed by atoms with Crippen LogP contribution in [-0.2, 0) is 6.54 Å². The maximum atomic E-state index is 13.4. The number of benzene rings is 2. The number of hydrogen-bond donors (Lipinski definition) is 0. The Hall–Kier alpha value is -2.63. The highest BCUT2D eigenvalue weighted by molar-refractivity contribution is 7.09. The summed E-state index contributed by atoms with van der Waals surface area (Å²) in [5.41, 5.74) is 2.09. The molecule has 5 rings (SSSR count). The molecule has 3 atom stereocenters. The van der Waals surface area contributed by atoms with Crippen LogP contribution < -0.4 is 4.74 Å². The van der Waals surface area contributed by atoms with E-state index in [0.29, 0.717) is 17.9 Å². The van der Waals surface area contributed by atoms with Gasteiger partial charge in [0.2, 0.25) is 0 Å². The molecular weight excluding hydrogens is 404 g/mol. The van der Waals surface area contributed by atoms with E-state index < -0.39 is 0 Å². The van der Waals surface area contributed by atoms with Crippen molar-refractivity contribution in [1.29, 1.82) is 0 Å². The summed E-state index contributed by atoms with van der Waals surface area (Å²) < 4.78 is 5.36. The zero-order chi connectivity index (χ0) is 21.2. The van der Waals surface area contributed by atoms with Gasteiger partial charge in [0.15, 0.2) is 0 Å². The molecule has 160 valence electrons. The Morgan fingerprint density at radius 1 is 1.03 bits per heavy atom. The molecule has 3 aromatic rings. The van der Waals surface area contributed by atoms with Gasteiger partial charge in [-0.1, -0.05) is 36.4 Å². The van der Waals surface area contributed by atoms with Crippen molar-refractivity contribution in [2.24, 2.45) is 5.92 Å². The molecule has 4 nitrogen and oxygen atoms in total. The smallest absolute Gasteiger partial charge is 0.254 e. The topological polar surface area (TPSA) is 32.8 Å². The first-order chi connectivity index (χ1) is 15.2. The molecule has 0 bridgehead atoms. The lowest BCUT2D eigenvalue weighted by atomic mass is 9.81. The highest BCUT2D eigenvalue weighted by Crippen LogP contribution is 2.42. The van der Waals surface area contributed by atoms with E-state index in [1.165, 1.54) is 10.4 Å². The first kappa shape index (κ1) is 20.3. The number of likely N-dealkylation sites (tertiary alicyclic amines) is 2. The van der Waals surface area contributed by atoms with Crippen LogP contribution in [0.3, 0.4) is 0 Å². The monoisotopic (exact) mass is 432 g/mol. The molecule has 1 aromatic heterocycles. The second-order valence-electron chi connectivity index (χ2n) is 8.54. The molecule has 0 N–H and O–H groups in total. The number of piperidine rings is 1. The Kier molecular flexibility index (Phi) is 5.79. The van der Waals surface area contributed by atoms with Crippen LogP contribution in [0.15, 0.2) is 72.1 Å². The highest BCUT2D eigenvalue weighted by atomic mass is 32.1. The maximum absolute atomic E-state index is 13.4. The Balaban J connectivity index is 1.42. The molecule has 2 saturated heterocycles. The first-order valence-electron chi connectivity index (χ1n) is 11.0. The molecule has 0 aliphatic carbocycles. The van der Waals surface area contributed by atoms with Gasteiger partial charge < -0.3 is 9.64 Å². The lowest BCUT2D eigenvalue weighted by molar-refractivity contribution is 0.0615. The van der Waals surface area contributed by atoms with Gasteiger partial charge in [-0.2, -0.15) is 0 Å². The van der Waals surface area contributed by atoms with E-state index in [-0.39, 0.29) is 5.91 Å². The van der Waals surface area contributed by atoms with E-state index in [4.69, 9.17) is 4.74 Å². The standard InChI is InChI=1S/C26H28N2O2S/c1-30-21-11-9-19(10-12-21)23-18-28(26(29)20-6-3-2-4-7-20)25-13-14-27(17-24(23)25)16-22-8-5-15-31-22/h2-12,15,23-25H,13-14,16-18H2,1H3/t23-,24-,25-/m1/s1. The van der Waals surface area contributed by atoms with Gasteiger partial charge in [0.1, 0.15) is 5.75 Å². The number of nitrogens with zero attached hydrogens (tertiary/aromatic N) is 2. The number of thiophene rings is 1. The molecule has 2 aliphatic heterocycles. The summed E-state index contributed by atoms with van der Waals surface area (Å²) in [7, 11) is 1.70. The number of amides is 1. The summed E-state index contributed by atoms with van der Waals surface area (Å²) in [5, 5.41) is 2.15. The summed E-state index contributed by atoms with van der Waals surface area (Å²) in [6, 6.07) is 22.8. The Morgan fingerprint density at radius 3 is 2.55 bits per heavy atom. The molecule has 0 radical (unpaired) electrons. The summed E-state index contributed by atoms with van der Waals surface area (Å²) in [5.74, 6) is 1.82. The van der Waals surface area contributed by atoms with Gasteiger partial charge in [-0.25, -0.2) is 0 Å². The van der Waals surface area contributed by atoms with Gasteiger partial charge in [0.25, 0.3) is 5.91 Å². The van der Waals surface area contributed by atoms with Crippen LogP contribution >= 0.6 is 11.3 Å². The number of rotatable bonds is 5. The fourth-order valence-corrected chi connectivity index (χ4v) is 6.00. The molecule has 2 aromatic carbocycles. The fourth-order valence-electron chi connectivity index (χ4n) is 5.26. The normalized spacial score (nSPS) is 23.5. The van der Waals surface area contributed by atoms with Gasteiger partial charge in [-0.15, -0.1) is 11.3 Å². The first-order valence-corrected chi connectivity index (χ1v) is 11.9. The molecule has 3 heterocycles. The molecule has 1 amide bonds. The Morgan fingerprint density at radius 2 is 1.84 bits per heavy atom. The molecule has 31 heavy (non-hydrogen) atoms. The minimum absolute atomic E-state index is 0.165. The van der Waals surface area contributed by atoms with Crippen LogP contribution in [0.5, 0.6) is 5.75 Å². The van der Waals surface area contributed by atoms with E-state index in [1.54, 1.807) is 7.11 Å². The number of methoxy groups -OCH3 is 1. The average Bonchev–Trinajstić information content (AvgIpc) is 3.47. The van der Waals surface area contributed by atoms with Gasteiger partial charge in [0.05, 0.1) is 7.11 Å². The quantitative estimate of drug-likeness (QED) is 0.576. The Labute approximate surface area is 188 Å². The average molecular weight is 433 g/mol. The molecule has 2 fully saturated rings. The third-order valence-corrected chi connectivity index (χ3v) is 7.66. The van der Waals surface area contributed by atoms with E-state index in [2.05, 4.69) is 39.4 Å². The maximum Gasteiger partial charge on any atom is 0.254 e. The van der Waals surface area contributed by atoms with Gasteiger partial charge in [0, 0.05) is 54.5 Å². The van der Waals surface area contributed by atoms with E-state index >= 15 is 0 Å².